The largest absolute Gasteiger partial charge is 0.508 e. The molecule has 0 unspecified atom stereocenters. The van der Waals surface area contributed by atoms with E-state index in [4.69, 9.17) is 0 Å². The smallest absolute Gasteiger partial charge is 0.324 e. The standard InChI is InChI=1S/C12H10N2O4S/c1-7-2-3-8(6-9(7)15)13-12(16)10-4-5-11(19-10)14(17)18/h2-6,15H,1H3,(H,13,16). The van der Waals surface area contributed by atoms with E-state index >= 15 is 0 Å². The number of phenolic OH excluding ortho intramolecular Hbond substituents is 1. The van der Waals surface area contributed by atoms with Crippen LogP contribution in [0.1, 0.15) is 15.2 Å². The van der Waals surface area contributed by atoms with Gasteiger partial charge in [0.25, 0.3) is 5.91 Å². The van der Waals surface area contributed by atoms with Crippen LogP contribution in [0.5, 0.6) is 5.75 Å². The van der Waals surface area contributed by atoms with Gasteiger partial charge < -0.3 is 10.4 Å². The van der Waals surface area contributed by atoms with Gasteiger partial charge in [0.2, 0.25) is 0 Å². The van der Waals surface area contributed by atoms with Gasteiger partial charge in [-0.3, -0.25) is 14.9 Å². The van der Waals surface area contributed by atoms with Gasteiger partial charge in [0, 0.05) is 17.8 Å². The number of amides is 1. The van der Waals surface area contributed by atoms with Crippen LogP contribution in [0.4, 0.5) is 10.7 Å². The van der Waals surface area contributed by atoms with Gasteiger partial charge >= 0.3 is 5.00 Å². The first kappa shape index (κ1) is 13.0. The lowest BCUT2D eigenvalue weighted by Gasteiger charge is -2.05. The van der Waals surface area contributed by atoms with E-state index < -0.39 is 10.8 Å². The van der Waals surface area contributed by atoms with E-state index in [1.807, 2.05) is 0 Å². The molecule has 0 saturated heterocycles. The number of hydrogen-bond acceptors (Lipinski definition) is 5. The average Bonchev–Trinajstić information content (AvgIpc) is 2.83. The molecule has 0 aliphatic carbocycles. The number of carbonyl (C=O) groups excluding carboxylic acids is 1. The molecule has 6 nitrogen and oxygen atoms in total. The normalized spacial score (nSPS) is 10.2. The second-order valence-corrected chi connectivity index (χ2v) is 4.91. The third-order valence-electron chi connectivity index (χ3n) is 2.46. The summed E-state index contributed by atoms with van der Waals surface area (Å²) in [7, 11) is 0. The highest BCUT2D eigenvalue weighted by Gasteiger charge is 2.15. The van der Waals surface area contributed by atoms with Crippen LogP contribution in [0.2, 0.25) is 0 Å². The van der Waals surface area contributed by atoms with Gasteiger partial charge in [-0.25, -0.2) is 0 Å². The monoisotopic (exact) mass is 278 g/mol. The number of rotatable bonds is 3. The number of anilines is 1. The highest BCUT2D eigenvalue weighted by molar-refractivity contribution is 7.17. The van der Waals surface area contributed by atoms with Gasteiger partial charge in [-0.1, -0.05) is 17.4 Å². The molecule has 1 aromatic heterocycles. The van der Waals surface area contributed by atoms with Gasteiger partial charge in [-0.05, 0) is 24.6 Å². The molecule has 2 N–H and O–H groups in total. The maximum atomic E-state index is 11.8. The van der Waals surface area contributed by atoms with Crippen molar-refractivity contribution < 1.29 is 14.8 Å². The van der Waals surface area contributed by atoms with E-state index in [0.29, 0.717) is 11.3 Å². The van der Waals surface area contributed by atoms with Crippen molar-refractivity contribution in [3.8, 4) is 5.75 Å². The van der Waals surface area contributed by atoms with Crippen molar-refractivity contribution in [1.82, 2.24) is 0 Å². The Morgan fingerprint density at radius 2 is 2.11 bits per heavy atom. The fraction of sp³-hybridized carbons (Fsp3) is 0.0833. The van der Waals surface area contributed by atoms with Crippen LogP contribution in [-0.4, -0.2) is 15.9 Å². The number of thiophene rings is 1. The lowest BCUT2D eigenvalue weighted by Crippen LogP contribution is -2.09. The molecule has 1 amide bonds. The van der Waals surface area contributed by atoms with Gasteiger partial charge in [-0.2, -0.15) is 0 Å². The number of carbonyl (C=O) groups is 1. The number of nitrogens with zero attached hydrogens (tertiary/aromatic N) is 1. The summed E-state index contributed by atoms with van der Waals surface area (Å²) in [6.45, 7) is 1.74. The number of benzene rings is 1. The molecule has 0 spiro atoms. The molecular weight excluding hydrogens is 268 g/mol. The summed E-state index contributed by atoms with van der Waals surface area (Å²) in [6, 6.07) is 7.42. The molecular formula is C12H10N2O4S. The summed E-state index contributed by atoms with van der Waals surface area (Å²) in [5, 5.41) is 22.5. The predicted molar refractivity (Wildman–Crippen MR) is 71.8 cm³/mol. The molecule has 1 aromatic carbocycles. The number of hydrogen-bond donors (Lipinski definition) is 2. The number of nitro groups is 1. The number of aromatic hydroxyl groups is 1. The fourth-order valence-electron chi connectivity index (χ4n) is 1.43. The van der Waals surface area contributed by atoms with Crippen LogP contribution in [0.25, 0.3) is 0 Å². The molecule has 98 valence electrons. The molecule has 0 aliphatic heterocycles. The van der Waals surface area contributed by atoms with Crippen LogP contribution in [0.3, 0.4) is 0 Å². The molecule has 0 saturated carbocycles. The van der Waals surface area contributed by atoms with Crippen molar-refractivity contribution in [2.24, 2.45) is 0 Å². The number of aryl methyl sites for hydroxylation is 1. The van der Waals surface area contributed by atoms with E-state index in [0.717, 1.165) is 11.3 Å². The maximum Gasteiger partial charge on any atom is 0.324 e. The Morgan fingerprint density at radius 3 is 2.68 bits per heavy atom. The first-order chi connectivity index (χ1) is 8.97. The van der Waals surface area contributed by atoms with E-state index in [1.54, 1.807) is 19.1 Å². The number of nitrogens with one attached hydrogen (secondary N) is 1. The zero-order valence-electron chi connectivity index (χ0n) is 9.91. The highest BCUT2D eigenvalue weighted by Crippen LogP contribution is 2.26. The molecule has 7 heteroatoms. The Hall–Kier alpha value is -2.41. The topological polar surface area (TPSA) is 92.5 Å². The summed E-state index contributed by atoms with van der Waals surface area (Å²) >= 11 is 0.802. The summed E-state index contributed by atoms with van der Waals surface area (Å²) in [5.41, 5.74) is 1.13. The molecule has 0 bridgehead atoms. The summed E-state index contributed by atoms with van der Waals surface area (Å²) in [4.78, 5) is 22.1. The minimum atomic E-state index is -0.543. The molecule has 2 aromatic rings. The summed E-state index contributed by atoms with van der Waals surface area (Å²) in [6.07, 6.45) is 0. The summed E-state index contributed by atoms with van der Waals surface area (Å²) in [5.74, 6) is -0.365. The fourth-order valence-corrected chi connectivity index (χ4v) is 2.14. The van der Waals surface area contributed by atoms with Crippen molar-refractivity contribution in [2.45, 2.75) is 6.92 Å². The van der Waals surface area contributed by atoms with Gasteiger partial charge in [0.05, 0.1) is 9.80 Å². The van der Waals surface area contributed by atoms with Gasteiger partial charge in [-0.15, -0.1) is 0 Å². The second-order valence-electron chi connectivity index (χ2n) is 3.85. The summed E-state index contributed by atoms with van der Waals surface area (Å²) < 4.78 is 0. The lowest BCUT2D eigenvalue weighted by molar-refractivity contribution is -0.380. The van der Waals surface area contributed by atoms with E-state index in [-0.39, 0.29) is 15.6 Å². The van der Waals surface area contributed by atoms with E-state index in [1.165, 1.54) is 18.2 Å². The average molecular weight is 278 g/mol. The van der Waals surface area contributed by atoms with Crippen LogP contribution >= 0.6 is 11.3 Å². The van der Waals surface area contributed by atoms with Crippen molar-refractivity contribution in [2.75, 3.05) is 5.32 Å². The second kappa shape index (κ2) is 5.07. The van der Waals surface area contributed by atoms with E-state index in [2.05, 4.69) is 5.32 Å². The molecule has 0 fully saturated rings. The predicted octanol–water partition coefficient (Wildman–Crippen LogP) is 2.92. The zero-order chi connectivity index (χ0) is 14.0. The van der Waals surface area contributed by atoms with Crippen LogP contribution < -0.4 is 5.32 Å². The van der Waals surface area contributed by atoms with Gasteiger partial charge in [0.1, 0.15) is 5.75 Å². The SMILES string of the molecule is Cc1ccc(NC(=O)c2ccc([N+](=O)[O-])s2)cc1O. The first-order valence-electron chi connectivity index (χ1n) is 5.32. The highest BCUT2D eigenvalue weighted by atomic mass is 32.1. The van der Waals surface area contributed by atoms with Crippen LogP contribution in [0, 0.1) is 17.0 Å². The molecule has 19 heavy (non-hydrogen) atoms. The van der Waals surface area contributed by atoms with Crippen LogP contribution in [0.15, 0.2) is 30.3 Å². The minimum absolute atomic E-state index is 0.0787. The quantitative estimate of drug-likeness (QED) is 0.667. The van der Waals surface area contributed by atoms with Crippen molar-refractivity contribution in [1.29, 1.82) is 0 Å². The maximum absolute atomic E-state index is 11.8. The molecule has 2 rings (SSSR count). The molecule has 0 aliphatic rings. The van der Waals surface area contributed by atoms with E-state index in [9.17, 15) is 20.0 Å². The van der Waals surface area contributed by atoms with Crippen molar-refractivity contribution in [3.05, 3.63) is 50.9 Å². The number of phenols is 1. The Bertz CT molecular complexity index is 651. The third-order valence-corrected chi connectivity index (χ3v) is 3.50. The van der Waals surface area contributed by atoms with Crippen LogP contribution in [-0.2, 0) is 0 Å². The molecule has 1 heterocycles. The Labute approximate surface area is 112 Å². The Kier molecular flexibility index (Phi) is 3.48. The van der Waals surface area contributed by atoms with Crippen molar-refractivity contribution >= 4 is 27.9 Å². The molecule has 0 radical (unpaired) electrons. The zero-order valence-corrected chi connectivity index (χ0v) is 10.7. The van der Waals surface area contributed by atoms with Crippen molar-refractivity contribution in [3.63, 3.8) is 0 Å². The third kappa shape index (κ3) is 2.89. The Balaban J connectivity index is 2.15. The molecule has 0 atom stereocenters. The lowest BCUT2D eigenvalue weighted by atomic mass is 10.2. The van der Waals surface area contributed by atoms with Gasteiger partial charge in [0.15, 0.2) is 0 Å². The first-order valence-corrected chi connectivity index (χ1v) is 6.14. The minimum Gasteiger partial charge on any atom is -0.508 e. The Morgan fingerprint density at radius 1 is 1.37 bits per heavy atom.